The van der Waals surface area contributed by atoms with E-state index in [0.717, 1.165) is 5.56 Å². The van der Waals surface area contributed by atoms with Crippen molar-refractivity contribution in [3.8, 4) is 0 Å². The maximum atomic E-state index is 10.8. The summed E-state index contributed by atoms with van der Waals surface area (Å²) in [5.41, 5.74) is 3.62. The van der Waals surface area contributed by atoms with Crippen LogP contribution in [0.2, 0.25) is 0 Å². The van der Waals surface area contributed by atoms with Gasteiger partial charge in [-0.25, -0.2) is 0 Å². The molecule has 0 aromatic heterocycles. The zero-order chi connectivity index (χ0) is 13.5. The van der Waals surface area contributed by atoms with Crippen molar-refractivity contribution in [1.82, 2.24) is 4.90 Å². The van der Waals surface area contributed by atoms with E-state index in [1.807, 2.05) is 11.0 Å². The quantitative estimate of drug-likeness (QED) is 0.803. The van der Waals surface area contributed by atoms with Crippen molar-refractivity contribution in [3.63, 3.8) is 0 Å². The molecule has 4 nitrogen and oxygen atoms in total. The number of ether oxygens (including phenoxy) is 1. The number of carbonyl (C=O) groups is 1. The van der Waals surface area contributed by atoms with Crippen LogP contribution >= 0.6 is 0 Å². The first-order valence-electron chi connectivity index (χ1n) is 6.02. The molecule has 18 heavy (non-hydrogen) atoms. The maximum absolute atomic E-state index is 10.8. The first-order chi connectivity index (χ1) is 8.52. The highest BCUT2D eigenvalue weighted by Crippen LogP contribution is 2.11. The number of rotatable bonds is 7. The molecule has 0 saturated heterocycles. The van der Waals surface area contributed by atoms with Crippen LogP contribution in [0.3, 0.4) is 0 Å². The average Bonchev–Trinajstić information content (AvgIpc) is 2.30. The molecule has 0 amide bonds. The van der Waals surface area contributed by atoms with Crippen LogP contribution < -0.4 is 0 Å². The molecule has 0 fully saturated rings. The van der Waals surface area contributed by atoms with E-state index in [9.17, 15) is 4.79 Å². The van der Waals surface area contributed by atoms with Crippen LogP contribution in [0.5, 0.6) is 0 Å². The minimum absolute atomic E-state index is 0.0380. The third-order valence-corrected chi connectivity index (χ3v) is 2.95. The van der Waals surface area contributed by atoms with Gasteiger partial charge in [0.25, 0.3) is 0 Å². The van der Waals surface area contributed by atoms with Gasteiger partial charge < -0.3 is 9.84 Å². The molecule has 0 aliphatic heterocycles. The SMILES string of the molecule is COCCN(CC(=O)O)Cc1ccc(C)c(C)c1. The highest BCUT2D eigenvalue weighted by molar-refractivity contribution is 5.69. The second-order valence-corrected chi connectivity index (χ2v) is 4.52. The Hall–Kier alpha value is -1.39. The van der Waals surface area contributed by atoms with Crippen LogP contribution in [0, 0.1) is 13.8 Å². The molecule has 0 aliphatic rings. The average molecular weight is 251 g/mol. The number of methoxy groups -OCH3 is 1. The Labute approximate surface area is 108 Å². The molecular weight excluding hydrogens is 230 g/mol. The summed E-state index contributed by atoms with van der Waals surface area (Å²) in [6, 6.07) is 6.22. The summed E-state index contributed by atoms with van der Waals surface area (Å²) in [5.74, 6) is -0.810. The van der Waals surface area contributed by atoms with Crippen molar-refractivity contribution < 1.29 is 14.6 Å². The fourth-order valence-corrected chi connectivity index (χ4v) is 1.79. The Bertz CT molecular complexity index is 404. The standard InChI is InChI=1S/C14H21NO3/c1-11-4-5-13(8-12(11)2)9-15(6-7-18-3)10-14(16)17/h4-5,8H,6-7,9-10H2,1-3H3,(H,16,17). The minimum atomic E-state index is -0.810. The van der Waals surface area contributed by atoms with Gasteiger partial charge in [0.1, 0.15) is 0 Å². The van der Waals surface area contributed by atoms with Crippen LogP contribution in [-0.2, 0) is 16.1 Å². The minimum Gasteiger partial charge on any atom is -0.480 e. The molecule has 0 unspecified atom stereocenters. The van der Waals surface area contributed by atoms with Gasteiger partial charge in [0, 0.05) is 20.2 Å². The van der Waals surface area contributed by atoms with E-state index in [1.54, 1.807) is 7.11 Å². The predicted octanol–water partition coefficient (Wildman–Crippen LogP) is 1.84. The molecule has 0 spiro atoms. The highest BCUT2D eigenvalue weighted by atomic mass is 16.5. The van der Waals surface area contributed by atoms with Gasteiger partial charge in [-0.3, -0.25) is 9.69 Å². The van der Waals surface area contributed by atoms with Gasteiger partial charge in [-0.2, -0.15) is 0 Å². The summed E-state index contributed by atoms with van der Waals surface area (Å²) >= 11 is 0. The normalized spacial score (nSPS) is 10.9. The summed E-state index contributed by atoms with van der Waals surface area (Å²) in [7, 11) is 1.62. The van der Waals surface area contributed by atoms with Crippen molar-refractivity contribution in [2.24, 2.45) is 0 Å². The first kappa shape index (κ1) is 14.7. The van der Waals surface area contributed by atoms with Crippen molar-refractivity contribution in [3.05, 3.63) is 34.9 Å². The second-order valence-electron chi connectivity index (χ2n) is 4.52. The monoisotopic (exact) mass is 251 g/mol. The fourth-order valence-electron chi connectivity index (χ4n) is 1.79. The number of aliphatic carboxylic acids is 1. The Morgan fingerprint density at radius 1 is 1.33 bits per heavy atom. The zero-order valence-corrected chi connectivity index (χ0v) is 11.3. The van der Waals surface area contributed by atoms with E-state index in [2.05, 4.69) is 26.0 Å². The number of benzene rings is 1. The van der Waals surface area contributed by atoms with Gasteiger partial charge in [-0.05, 0) is 30.5 Å². The summed E-state index contributed by atoms with van der Waals surface area (Å²) in [5, 5.41) is 8.88. The number of carboxylic acid groups (broad SMARTS) is 1. The summed E-state index contributed by atoms with van der Waals surface area (Å²) < 4.78 is 5.00. The zero-order valence-electron chi connectivity index (χ0n) is 11.3. The lowest BCUT2D eigenvalue weighted by atomic mass is 10.1. The number of hydrogen-bond acceptors (Lipinski definition) is 3. The lowest BCUT2D eigenvalue weighted by Gasteiger charge is -2.20. The Kier molecular flexibility index (Phi) is 5.82. The van der Waals surface area contributed by atoms with Gasteiger partial charge in [0.15, 0.2) is 0 Å². The second kappa shape index (κ2) is 7.13. The van der Waals surface area contributed by atoms with Gasteiger partial charge >= 0.3 is 5.97 Å². The van der Waals surface area contributed by atoms with Gasteiger partial charge in [0.05, 0.1) is 13.2 Å². The molecule has 1 aromatic rings. The third kappa shape index (κ3) is 4.85. The Morgan fingerprint density at radius 3 is 2.61 bits per heavy atom. The van der Waals surface area contributed by atoms with Crippen molar-refractivity contribution in [2.75, 3.05) is 26.8 Å². The van der Waals surface area contributed by atoms with Gasteiger partial charge in [-0.1, -0.05) is 18.2 Å². The van der Waals surface area contributed by atoms with Crippen LogP contribution in [-0.4, -0.2) is 42.8 Å². The first-order valence-corrected chi connectivity index (χ1v) is 6.02. The van der Waals surface area contributed by atoms with Gasteiger partial charge in [-0.15, -0.1) is 0 Å². The van der Waals surface area contributed by atoms with Crippen molar-refractivity contribution in [1.29, 1.82) is 0 Å². The smallest absolute Gasteiger partial charge is 0.317 e. The molecule has 1 aromatic carbocycles. The molecule has 0 radical (unpaired) electrons. The number of hydrogen-bond donors (Lipinski definition) is 1. The number of nitrogens with zero attached hydrogens (tertiary/aromatic N) is 1. The lowest BCUT2D eigenvalue weighted by Crippen LogP contribution is -2.32. The highest BCUT2D eigenvalue weighted by Gasteiger charge is 2.10. The van der Waals surface area contributed by atoms with Crippen LogP contribution in [0.1, 0.15) is 16.7 Å². The Morgan fingerprint density at radius 2 is 2.06 bits per heavy atom. The van der Waals surface area contributed by atoms with Crippen LogP contribution in [0.4, 0.5) is 0 Å². The van der Waals surface area contributed by atoms with Gasteiger partial charge in [0.2, 0.25) is 0 Å². The van der Waals surface area contributed by atoms with E-state index in [1.165, 1.54) is 11.1 Å². The summed E-state index contributed by atoms with van der Waals surface area (Å²) in [6.07, 6.45) is 0. The van der Waals surface area contributed by atoms with E-state index in [4.69, 9.17) is 9.84 Å². The molecule has 0 bridgehead atoms. The van der Waals surface area contributed by atoms with E-state index < -0.39 is 5.97 Å². The predicted molar refractivity (Wildman–Crippen MR) is 70.7 cm³/mol. The molecule has 0 atom stereocenters. The molecule has 0 aliphatic carbocycles. The molecule has 0 heterocycles. The topological polar surface area (TPSA) is 49.8 Å². The van der Waals surface area contributed by atoms with Crippen molar-refractivity contribution >= 4 is 5.97 Å². The van der Waals surface area contributed by atoms with Crippen LogP contribution in [0.25, 0.3) is 0 Å². The molecule has 100 valence electrons. The largest absolute Gasteiger partial charge is 0.480 e. The lowest BCUT2D eigenvalue weighted by molar-refractivity contribution is -0.138. The van der Waals surface area contributed by atoms with Crippen LogP contribution in [0.15, 0.2) is 18.2 Å². The maximum Gasteiger partial charge on any atom is 0.317 e. The van der Waals surface area contributed by atoms with E-state index >= 15 is 0 Å². The number of aryl methyl sites for hydroxylation is 2. The molecular formula is C14H21NO3. The fraction of sp³-hybridized carbons (Fsp3) is 0.500. The molecule has 0 saturated carbocycles. The van der Waals surface area contributed by atoms with E-state index in [0.29, 0.717) is 19.7 Å². The third-order valence-electron chi connectivity index (χ3n) is 2.95. The summed E-state index contributed by atoms with van der Waals surface area (Å²) in [4.78, 5) is 12.7. The Balaban J connectivity index is 2.68. The molecule has 4 heteroatoms. The van der Waals surface area contributed by atoms with Crippen molar-refractivity contribution in [2.45, 2.75) is 20.4 Å². The molecule has 1 N–H and O–H groups in total. The number of carboxylic acids is 1. The van der Waals surface area contributed by atoms with E-state index in [-0.39, 0.29) is 6.54 Å². The molecule has 1 rings (SSSR count). The summed E-state index contributed by atoms with van der Waals surface area (Å²) in [6.45, 7) is 5.97.